The number of rotatable bonds is 6. The van der Waals surface area contributed by atoms with Gasteiger partial charge in [0.05, 0.1) is 18.0 Å². The first-order valence-electron chi connectivity index (χ1n) is 5.60. The maximum Gasteiger partial charge on any atom is 0.316 e. The summed E-state index contributed by atoms with van der Waals surface area (Å²) in [6.07, 6.45) is -0.616. The third-order valence-electron chi connectivity index (χ3n) is 2.05. The first kappa shape index (κ1) is 14.1. The van der Waals surface area contributed by atoms with Gasteiger partial charge >= 0.3 is 5.97 Å². The van der Waals surface area contributed by atoms with Crippen LogP contribution in [0.15, 0.2) is 30.3 Å². The van der Waals surface area contributed by atoms with Crippen LogP contribution in [0.4, 0.5) is 0 Å². The Morgan fingerprint density at radius 3 is 2.59 bits per heavy atom. The molecule has 0 aliphatic heterocycles. The fraction of sp³-hybridized carbons (Fsp3) is 0.462. The van der Waals surface area contributed by atoms with Gasteiger partial charge in [0.25, 0.3) is 0 Å². The number of hydrogen-bond donors (Lipinski definition) is 1. The number of hydrogen-bond acceptors (Lipinski definition) is 4. The van der Waals surface area contributed by atoms with Crippen molar-refractivity contribution in [2.45, 2.75) is 26.1 Å². The van der Waals surface area contributed by atoms with Gasteiger partial charge in [0.15, 0.2) is 0 Å². The zero-order valence-corrected chi connectivity index (χ0v) is 10.9. The number of carbonyl (C=O) groups excluding carboxylic acids is 1. The lowest BCUT2D eigenvalue weighted by Crippen LogP contribution is -2.14. The van der Waals surface area contributed by atoms with Gasteiger partial charge in [-0.2, -0.15) is 0 Å². The van der Waals surface area contributed by atoms with Gasteiger partial charge in [-0.3, -0.25) is 4.79 Å². The van der Waals surface area contributed by atoms with E-state index in [4.69, 9.17) is 4.74 Å². The SMILES string of the molecule is CC(C)OC(=O)CSCC(O)c1ccccc1. The summed E-state index contributed by atoms with van der Waals surface area (Å²) in [4.78, 5) is 11.2. The monoisotopic (exact) mass is 254 g/mol. The molecule has 1 atom stereocenters. The number of aliphatic hydroxyl groups excluding tert-OH is 1. The number of aliphatic hydroxyl groups is 1. The molecular weight excluding hydrogens is 236 g/mol. The number of ether oxygens (including phenoxy) is 1. The van der Waals surface area contributed by atoms with Crippen molar-refractivity contribution in [3.63, 3.8) is 0 Å². The molecule has 1 N–H and O–H groups in total. The lowest BCUT2D eigenvalue weighted by atomic mass is 10.1. The lowest BCUT2D eigenvalue weighted by Gasteiger charge is -2.11. The Morgan fingerprint density at radius 2 is 2.00 bits per heavy atom. The molecule has 0 bridgehead atoms. The molecular formula is C13H18O3S. The molecule has 94 valence electrons. The predicted molar refractivity (Wildman–Crippen MR) is 70.0 cm³/mol. The van der Waals surface area contributed by atoms with Crippen molar-refractivity contribution in [3.8, 4) is 0 Å². The van der Waals surface area contributed by atoms with Crippen molar-refractivity contribution < 1.29 is 14.6 Å². The van der Waals surface area contributed by atoms with E-state index < -0.39 is 6.10 Å². The summed E-state index contributed by atoms with van der Waals surface area (Å²) in [5.41, 5.74) is 0.872. The Kier molecular flexibility index (Phi) is 6.08. The minimum Gasteiger partial charge on any atom is -0.462 e. The van der Waals surface area contributed by atoms with E-state index in [9.17, 15) is 9.90 Å². The highest BCUT2D eigenvalue weighted by Crippen LogP contribution is 2.17. The van der Waals surface area contributed by atoms with E-state index >= 15 is 0 Å². The molecule has 0 amide bonds. The predicted octanol–water partition coefficient (Wildman–Crippen LogP) is 2.40. The largest absolute Gasteiger partial charge is 0.462 e. The molecule has 1 aromatic carbocycles. The van der Waals surface area contributed by atoms with Gasteiger partial charge in [0.2, 0.25) is 0 Å². The van der Waals surface area contributed by atoms with Crippen LogP contribution < -0.4 is 0 Å². The topological polar surface area (TPSA) is 46.5 Å². The maximum absolute atomic E-state index is 11.2. The van der Waals surface area contributed by atoms with Crippen LogP contribution in [0.5, 0.6) is 0 Å². The van der Waals surface area contributed by atoms with Gasteiger partial charge in [0, 0.05) is 5.75 Å². The van der Waals surface area contributed by atoms with Crippen LogP contribution in [-0.2, 0) is 9.53 Å². The van der Waals surface area contributed by atoms with E-state index in [1.807, 2.05) is 44.2 Å². The molecule has 0 fully saturated rings. The summed E-state index contributed by atoms with van der Waals surface area (Å²) < 4.78 is 5.00. The molecule has 0 saturated heterocycles. The molecule has 1 aromatic rings. The molecule has 0 aliphatic rings. The third kappa shape index (κ3) is 5.75. The molecule has 0 heterocycles. The van der Waals surface area contributed by atoms with E-state index in [2.05, 4.69) is 0 Å². The Balaban J connectivity index is 2.25. The van der Waals surface area contributed by atoms with Crippen molar-refractivity contribution in [2.24, 2.45) is 0 Å². The molecule has 1 rings (SSSR count). The maximum atomic E-state index is 11.2. The van der Waals surface area contributed by atoms with E-state index in [-0.39, 0.29) is 17.8 Å². The molecule has 0 saturated carbocycles. The summed E-state index contributed by atoms with van der Waals surface area (Å²) in [5, 5.41) is 9.84. The second kappa shape index (κ2) is 7.35. The first-order valence-corrected chi connectivity index (χ1v) is 6.75. The van der Waals surface area contributed by atoms with Crippen LogP contribution in [0, 0.1) is 0 Å². The third-order valence-corrected chi connectivity index (χ3v) is 3.04. The fourth-order valence-corrected chi connectivity index (χ4v) is 2.09. The van der Waals surface area contributed by atoms with Crippen LogP contribution in [0.2, 0.25) is 0 Å². The highest BCUT2D eigenvalue weighted by molar-refractivity contribution is 7.99. The molecule has 0 radical (unpaired) electrons. The summed E-state index contributed by atoms with van der Waals surface area (Å²) in [6.45, 7) is 3.64. The highest BCUT2D eigenvalue weighted by Gasteiger charge is 2.10. The Labute approximate surface area is 106 Å². The molecule has 0 aromatic heterocycles. The minimum atomic E-state index is -0.534. The van der Waals surface area contributed by atoms with Crippen molar-refractivity contribution in [1.29, 1.82) is 0 Å². The van der Waals surface area contributed by atoms with Gasteiger partial charge in [-0.15, -0.1) is 11.8 Å². The van der Waals surface area contributed by atoms with E-state index in [0.29, 0.717) is 5.75 Å². The van der Waals surface area contributed by atoms with Crippen molar-refractivity contribution in [1.82, 2.24) is 0 Å². The van der Waals surface area contributed by atoms with E-state index in [0.717, 1.165) is 5.56 Å². The summed E-state index contributed by atoms with van der Waals surface area (Å²) in [6, 6.07) is 9.42. The molecule has 4 heteroatoms. The van der Waals surface area contributed by atoms with Gasteiger partial charge in [-0.05, 0) is 19.4 Å². The Bertz CT molecular complexity index is 338. The van der Waals surface area contributed by atoms with Crippen LogP contribution in [0.1, 0.15) is 25.5 Å². The van der Waals surface area contributed by atoms with Crippen molar-refractivity contribution in [2.75, 3.05) is 11.5 Å². The average molecular weight is 254 g/mol. The van der Waals surface area contributed by atoms with Crippen LogP contribution in [0.3, 0.4) is 0 Å². The Morgan fingerprint density at radius 1 is 1.35 bits per heavy atom. The zero-order chi connectivity index (χ0) is 12.7. The van der Waals surface area contributed by atoms with Crippen LogP contribution in [-0.4, -0.2) is 28.7 Å². The summed E-state index contributed by atoms with van der Waals surface area (Å²) in [5.74, 6) is 0.546. The zero-order valence-electron chi connectivity index (χ0n) is 10.1. The quantitative estimate of drug-likeness (QED) is 0.792. The van der Waals surface area contributed by atoms with Crippen LogP contribution >= 0.6 is 11.8 Å². The van der Waals surface area contributed by atoms with E-state index in [1.165, 1.54) is 11.8 Å². The molecule has 3 nitrogen and oxygen atoms in total. The summed E-state index contributed by atoms with van der Waals surface area (Å²) >= 11 is 1.38. The number of benzene rings is 1. The standard InChI is InChI=1S/C13H18O3S/c1-10(2)16-13(15)9-17-8-12(14)11-6-4-3-5-7-11/h3-7,10,12,14H,8-9H2,1-2H3. The normalized spacial score (nSPS) is 12.5. The van der Waals surface area contributed by atoms with Crippen LogP contribution in [0.25, 0.3) is 0 Å². The van der Waals surface area contributed by atoms with Gasteiger partial charge < -0.3 is 9.84 Å². The fourth-order valence-electron chi connectivity index (χ4n) is 1.32. The number of esters is 1. The highest BCUT2D eigenvalue weighted by atomic mass is 32.2. The van der Waals surface area contributed by atoms with Crippen molar-refractivity contribution >= 4 is 17.7 Å². The minimum absolute atomic E-state index is 0.0813. The van der Waals surface area contributed by atoms with E-state index in [1.54, 1.807) is 0 Å². The smallest absolute Gasteiger partial charge is 0.316 e. The average Bonchev–Trinajstić information content (AvgIpc) is 2.29. The van der Waals surface area contributed by atoms with Gasteiger partial charge in [-0.1, -0.05) is 30.3 Å². The molecule has 0 spiro atoms. The molecule has 17 heavy (non-hydrogen) atoms. The van der Waals surface area contributed by atoms with Crippen molar-refractivity contribution in [3.05, 3.63) is 35.9 Å². The van der Waals surface area contributed by atoms with Gasteiger partial charge in [0.1, 0.15) is 0 Å². The number of carbonyl (C=O) groups is 1. The second-order valence-electron chi connectivity index (χ2n) is 3.98. The second-order valence-corrected chi connectivity index (χ2v) is 5.01. The summed E-state index contributed by atoms with van der Waals surface area (Å²) in [7, 11) is 0. The lowest BCUT2D eigenvalue weighted by molar-refractivity contribution is -0.144. The molecule has 1 unspecified atom stereocenters. The number of thioether (sulfide) groups is 1. The molecule has 0 aliphatic carbocycles. The van der Waals surface area contributed by atoms with Gasteiger partial charge in [-0.25, -0.2) is 0 Å². The first-order chi connectivity index (χ1) is 8.09. The Hall–Kier alpha value is -1.00.